The highest BCUT2D eigenvalue weighted by molar-refractivity contribution is 7.99. The van der Waals surface area contributed by atoms with Crippen molar-refractivity contribution in [2.24, 2.45) is 5.73 Å². The highest BCUT2D eigenvalue weighted by Crippen LogP contribution is 2.33. The van der Waals surface area contributed by atoms with Gasteiger partial charge in [0.2, 0.25) is 0 Å². The molecular weight excluding hydrogens is 264 g/mol. The Labute approximate surface area is 115 Å². The fourth-order valence-corrected chi connectivity index (χ4v) is 2.64. The molecule has 2 aromatic rings. The Hall–Kier alpha value is -1.39. The van der Waals surface area contributed by atoms with E-state index in [1.165, 1.54) is 12.1 Å². The van der Waals surface area contributed by atoms with Gasteiger partial charge in [-0.25, -0.2) is 8.78 Å². The third-order valence-electron chi connectivity index (χ3n) is 2.99. The molecule has 0 fully saturated rings. The van der Waals surface area contributed by atoms with E-state index in [-0.39, 0.29) is 11.4 Å². The first-order chi connectivity index (χ1) is 9.01. The van der Waals surface area contributed by atoms with Gasteiger partial charge in [-0.15, -0.1) is 0 Å². The minimum absolute atomic E-state index is 0.0143. The highest BCUT2D eigenvalue weighted by Gasteiger charge is 2.12. The van der Waals surface area contributed by atoms with Crippen LogP contribution in [-0.4, -0.2) is 0 Å². The maximum Gasteiger partial charge on any atom is 0.140 e. The SMILES string of the molecule is Cc1ccc(Sc2c(F)cc(CN)cc2F)cc1C. The van der Waals surface area contributed by atoms with Crippen molar-refractivity contribution in [1.82, 2.24) is 0 Å². The van der Waals surface area contributed by atoms with Gasteiger partial charge in [-0.3, -0.25) is 0 Å². The van der Waals surface area contributed by atoms with E-state index in [0.29, 0.717) is 5.56 Å². The minimum atomic E-state index is -0.566. The molecule has 19 heavy (non-hydrogen) atoms. The minimum Gasteiger partial charge on any atom is -0.326 e. The Balaban J connectivity index is 2.35. The normalized spacial score (nSPS) is 10.8. The molecule has 0 heterocycles. The van der Waals surface area contributed by atoms with E-state index in [1.54, 1.807) is 0 Å². The number of benzene rings is 2. The van der Waals surface area contributed by atoms with Gasteiger partial charge in [0, 0.05) is 11.4 Å². The summed E-state index contributed by atoms with van der Waals surface area (Å²) in [5.41, 5.74) is 8.10. The molecule has 2 rings (SSSR count). The lowest BCUT2D eigenvalue weighted by atomic mass is 10.1. The van der Waals surface area contributed by atoms with Crippen LogP contribution in [0, 0.1) is 25.5 Å². The topological polar surface area (TPSA) is 26.0 Å². The van der Waals surface area contributed by atoms with E-state index < -0.39 is 11.6 Å². The van der Waals surface area contributed by atoms with Gasteiger partial charge in [0.05, 0.1) is 4.90 Å². The molecule has 1 nitrogen and oxygen atoms in total. The summed E-state index contributed by atoms with van der Waals surface area (Å²) in [7, 11) is 0. The molecule has 0 saturated heterocycles. The molecule has 100 valence electrons. The van der Waals surface area contributed by atoms with Crippen molar-refractivity contribution in [3.05, 3.63) is 58.7 Å². The smallest absolute Gasteiger partial charge is 0.140 e. The average Bonchev–Trinajstić information content (AvgIpc) is 2.37. The number of rotatable bonds is 3. The molecule has 0 unspecified atom stereocenters. The van der Waals surface area contributed by atoms with Gasteiger partial charge in [0.15, 0.2) is 0 Å². The zero-order valence-electron chi connectivity index (χ0n) is 10.8. The molecule has 0 aliphatic rings. The van der Waals surface area contributed by atoms with Crippen LogP contribution in [0.4, 0.5) is 8.78 Å². The van der Waals surface area contributed by atoms with E-state index in [2.05, 4.69) is 0 Å². The lowest BCUT2D eigenvalue weighted by Gasteiger charge is -2.08. The van der Waals surface area contributed by atoms with Crippen molar-refractivity contribution in [2.75, 3.05) is 0 Å². The fraction of sp³-hybridized carbons (Fsp3) is 0.200. The summed E-state index contributed by atoms with van der Waals surface area (Å²) in [6.45, 7) is 4.10. The van der Waals surface area contributed by atoms with Crippen LogP contribution in [-0.2, 0) is 6.54 Å². The molecular formula is C15H15F2NS. The number of aryl methyl sites for hydroxylation is 2. The third kappa shape index (κ3) is 3.14. The number of halogens is 2. The quantitative estimate of drug-likeness (QED) is 0.911. The second-order valence-corrected chi connectivity index (χ2v) is 5.52. The Kier molecular flexibility index (Phi) is 4.22. The molecule has 0 aliphatic carbocycles. The number of nitrogens with two attached hydrogens (primary N) is 1. The summed E-state index contributed by atoms with van der Waals surface area (Å²) >= 11 is 1.09. The van der Waals surface area contributed by atoms with E-state index in [9.17, 15) is 8.78 Å². The first-order valence-electron chi connectivity index (χ1n) is 5.94. The van der Waals surface area contributed by atoms with Crippen LogP contribution in [0.15, 0.2) is 40.1 Å². The summed E-state index contributed by atoms with van der Waals surface area (Å²) in [5, 5.41) is 0. The lowest BCUT2D eigenvalue weighted by Crippen LogP contribution is -1.99. The molecule has 0 spiro atoms. The second kappa shape index (κ2) is 5.72. The summed E-state index contributed by atoms with van der Waals surface area (Å²) in [6.07, 6.45) is 0. The van der Waals surface area contributed by atoms with E-state index in [4.69, 9.17) is 5.73 Å². The van der Waals surface area contributed by atoms with Crippen LogP contribution >= 0.6 is 11.8 Å². The van der Waals surface area contributed by atoms with Crippen LogP contribution in [0.2, 0.25) is 0 Å². The van der Waals surface area contributed by atoms with Gasteiger partial charge >= 0.3 is 0 Å². The molecule has 4 heteroatoms. The predicted molar refractivity (Wildman–Crippen MR) is 74.3 cm³/mol. The van der Waals surface area contributed by atoms with Gasteiger partial charge in [0.1, 0.15) is 11.6 Å². The van der Waals surface area contributed by atoms with Gasteiger partial charge < -0.3 is 5.73 Å². The van der Waals surface area contributed by atoms with E-state index in [1.807, 2.05) is 32.0 Å². The lowest BCUT2D eigenvalue weighted by molar-refractivity contribution is 0.537. The first kappa shape index (κ1) is 14.0. The first-order valence-corrected chi connectivity index (χ1v) is 6.76. The van der Waals surface area contributed by atoms with E-state index >= 15 is 0 Å². The summed E-state index contributed by atoms with van der Waals surface area (Å²) in [6, 6.07) is 8.30. The van der Waals surface area contributed by atoms with Crippen molar-refractivity contribution in [3.63, 3.8) is 0 Å². The maximum atomic E-state index is 13.8. The standard InChI is InChI=1S/C15H15F2NS/c1-9-3-4-12(5-10(9)2)19-15-13(16)6-11(8-18)7-14(15)17/h3-7H,8,18H2,1-2H3. The zero-order chi connectivity index (χ0) is 14.0. The third-order valence-corrected chi connectivity index (χ3v) is 4.08. The zero-order valence-corrected chi connectivity index (χ0v) is 11.7. The van der Waals surface area contributed by atoms with E-state index in [0.717, 1.165) is 27.8 Å². The molecule has 2 N–H and O–H groups in total. The molecule has 0 radical (unpaired) electrons. The van der Waals surface area contributed by atoms with Crippen LogP contribution in [0.25, 0.3) is 0 Å². The van der Waals surface area contributed by atoms with Crippen molar-refractivity contribution in [1.29, 1.82) is 0 Å². The fourth-order valence-electron chi connectivity index (χ4n) is 1.72. The van der Waals surface area contributed by atoms with Crippen LogP contribution in [0.1, 0.15) is 16.7 Å². The highest BCUT2D eigenvalue weighted by atomic mass is 32.2. The summed E-state index contributed by atoms with van der Waals surface area (Å²) in [5.74, 6) is -1.13. The van der Waals surface area contributed by atoms with Gasteiger partial charge in [-0.1, -0.05) is 17.8 Å². The molecule has 2 aromatic carbocycles. The van der Waals surface area contributed by atoms with Gasteiger partial charge in [-0.2, -0.15) is 0 Å². The molecule has 0 aliphatic heterocycles. The monoisotopic (exact) mass is 279 g/mol. The molecule has 0 amide bonds. The van der Waals surface area contributed by atoms with Gasteiger partial charge in [-0.05, 0) is 54.8 Å². The maximum absolute atomic E-state index is 13.8. The van der Waals surface area contributed by atoms with Crippen molar-refractivity contribution >= 4 is 11.8 Å². The van der Waals surface area contributed by atoms with Gasteiger partial charge in [0.25, 0.3) is 0 Å². The Morgan fingerprint density at radius 3 is 2.16 bits per heavy atom. The van der Waals surface area contributed by atoms with Crippen molar-refractivity contribution in [3.8, 4) is 0 Å². The van der Waals surface area contributed by atoms with Crippen LogP contribution < -0.4 is 5.73 Å². The Morgan fingerprint density at radius 2 is 1.63 bits per heavy atom. The molecule has 0 saturated carbocycles. The molecule has 0 atom stereocenters. The Bertz CT molecular complexity index is 588. The Morgan fingerprint density at radius 1 is 1.00 bits per heavy atom. The average molecular weight is 279 g/mol. The predicted octanol–water partition coefficient (Wildman–Crippen LogP) is 4.19. The molecule has 0 bridgehead atoms. The van der Waals surface area contributed by atoms with Crippen LogP contribution in [0.3, 0.4) is 0 Å². The van der Waals surface area contributed by atoms with Crippen LogP contribution in [0.5, 0.6) is 0 Å². The number of hydrogen-bond acceptors (Lipinski definition) is 2. The van der Waals surface area contributed by atoms with Crippen molar-refractivity contribution < 1.29 is 8.78 Å². The van der Waals surface area contributed by atoms with Crippen molar-refractivity contribution in [2.45, 2.75) is 30.2 Å². The second-order valence-electron chi connectivity index (χ2n) is 4.44. The summed E-state index contributed by atoms with van der Waals surface area (Å²) in [4.78, 5) is 0.835. The largest absolute Gasteiger partial charge is 0.326 e. The molecule has 0 aromatic heterocycles. The number of hydrogen-bond donors (Lipinski definition) is 1. The summed E-state index contributed by atoms with van der Waals surface area (Å²) < 4.78 is 27.7.